The van der Waals surface area contributed by atoms with Gasteiger partial charge in [-0.15, -0.1) is 0 Å². The Morgan fingerprint density at radius 1 is 1.07 bits per heavy atom. The van der Waals surface area contributed by atoms with E-state index in [1.807, 2.05) is 50.2 Å². The Bertz CT molecular complexity index is 842. The molecule has 0 saturated carbocycles. The van der Waals surface area contributed by atoms with Gasteiger partial charge < -0.3 is 19.7 Å². The number of rotatable bonds is 5. The third kappa shape index (κ3) is 4.89. The molecule has 1 aliphatic rings. The van der Waals surface area contributed by atoms with Crippen molar-refractivity contribution in [1.82, 2.24) is 0 Å². The van der Waals surface area contributed by atoms with Gasteiger partial charge in [0.15, 0.2) is 6.10 Å². The first-order valence-corrected chi connectivity index (χ1v) is 9.46. The predicted molar refractivity (Wildman–Crippen MR) is 109 cm³/mol. The van der Waals surface area contributed by atoms with Gasteiger partial charge in [0.2, 0.25) is 0 Å². The zero-order chi connectivity index (χ0) is 20.1. The maximum absolute atomic E-state index is 12.4. The summed E-state index contributed by atoms with van der Waals surface area (Å²) >= 11 is 0. The molecule has 2 aromatic carbocycles. The lowest BCUT2D eigenvalue weighted by Gasteiger charge is -2.28. The first kappa shape index (κ1) is 19.9. The Balaban J connectivity index is 1.57. The molecule has 1 heterocycles. The second-order valence-electron chi connectivity index (χ2n) is 7.00. The fraction of sp³-hybridized carbons (Fsp3) is 0.364. The molecule has 6 heteroatoms. The monoisotopic (exact) mass is 382 g/mol. The van der Waals surface area contributed by atoms with Crippen molar-refractivity contribution in [3.63, 3.8) is 0 Å². The van der Waals surface area contributed by atoms with Gasteiger partial charge in [-0.3, -0.25) is 4.79 Å². The molecule has 1 fully saturated rings. The van der Waals surface area contributed by atoms with Crippen LogP contribution in [0.1, 0.15) is 28.4 Å². The van der Waals surface area contributed by atoms with Crippen molar-refractivity contribution in [2.24, 2.45) is 0 Å². The van der Waals surface area contributed by atoms with Crippen LogP contribution in [0.2, 0.25) is 0 Å². The van der Waals surface area contributed by atoms with E-state index >= 15 is 0 Å². The number of ether oxygens (including phenoxy) is 2. The van der Waals surface area contributed by atoms with Gasteiger partial charge in [0.1, 0.15) is 0 Å². The molecule has 1 N–H and O–H groups in total. The van der Waals surface area contributed by atoms with Crippen molar-refractivity contribution in [1.29, 1.82) is 0 Å². The number of amides is 1. The molecule has 3 rings (SSSR count). The van der Waals surface area contributed by atoms with Crippen molar-refractivity contribution in [3.05, 3.63) is 59.2 Å². The second-order valence-corrected chi connectivity index (χ2v) is 7.00. The van der Waals surface area contributed by atoms with E-state index in [9.17, 15) is 9.59 Å². The molecule has 0 aliphatic carbocycles. The summed E-state index contributed by atoms with van der Waals surface area (Å²) in [5.74, 6) is -0.857. The minimum atomic E-state index is -0.897. The molecule has 1 amide bonds. The number of aryl methyl sites for hydroxylation is 2. The molecule has 0 unspecified atom stereocenters. The second kappa shape index (κ2) is 8.89. The van der Waals surface area contributed by atoms with E-state index in [0.29, 0.717) is 11.3 Å². The molecule has 6 nitrogen and oxygen atoms in total. The van der Waals surface area contributed by atoms with E-state index in [-0.39, 0.29) is 5.91 Å². The van der Waals surface area contributed by atoms with E-state index in [1.54, 1.807) is 13.0 Å². The Morgan fingerprint density at radius 2 is 1.75 bits per heavy atom. The van der Waals surface area contributed by atoms with Crippen LogP contribution in [0.15, 0.2) is 42.5 Å². The minimum absolute atomic E-state index is 0.363. The van der Waals surface area contributed by atoms with Gasteiger partial charge in [0, 0.05) is 24.5 Å². The number of morpholine rings is 1. The van der Waals surface area contributed by atoms with Crippen LogP contribution in [0.25, 0.3) is 0 Å². The maximum atomic E-state index is 12.4. The summed E-state index contributed by atoms with van der Waals surface area (Å²) in [5.41, 5.74) is 4.03. The van der Waals surface area contributed by atoms with Crippen LogP contribution in [0.4, 0.5) is 11.4 Å². The van der Waals surface area contributed by atoms with Gasteiger partial charge in [0.05, 0.1) is 18.8 Å². The van der Waals surface area contributed by atoms with Gasteiger partial charge >= 0.3 is 5.97 Å². The predicted octanol–water partition coefficient (Wildman–Crippen LogP) is 3.32. The highest BCUT2D eigenvalue weighted by atomic mass is 16.5. The van der Waals surface area contributed by atoms with Crippen LogP contribution < -0.4 is 10.2 Å². The average molecular weight is 382 g/mol. The third-order valence-electron chi connectivity index (χ3n) is 4.78. The number of carbonyl (C=O) groups excluding carboxylic acids is 2. The number of anilines is 2. The number of benzene rings is 2. The maximum Gasteiger partial charge on any atom is 0.339 e. The molecule has 0 aromatic heterocycles. The molecular weight excluding hydrogens is 356 g/mol. The minimum Gasteiger partial charge on any atom is -0.449 e. The third-order valence-corrected chi connectivity index (χ3v) is 4.78. The first-order chi connectivity index (χ1) is 13.4. The molecule has 0 radical (unpaired) electrons. The van der Waals surface area contributed by atoms with Crippen molar-refractivity contribution >= 4 is 23.3 Å². The lowest BCUT2D eigenvalue weighted by atomic mass is 10.1. The van der Waals surface area contributed by atoms with Crippen molar-refractivity contribution in [2.75, 3.05) is 36.5 Å². The van der Waals surface area contributed by atoms with Crippen LogP contribution in [0.5, 0.6) is 0 Å². The molecule has 0 spiro atoms. The number of hydrogen-bond acceptors (Lipinski definition) is 5. The Kier molecular flexibility index (Phi) is 6.31. The summed E-state index contributed by atoms with van der Waals surface area (Å²) < 4.78 is 10.7. The van der Waals surface area contributed by atoms with E-state index in [1.165, 1.54) is 0 Å². The zero-order valence-corrected chi connectivity index (χ0v) is 16.5. The average Bonchev–Trinajstić information content (AvgIpc) is 2.71. The standard InChI is InChI=1S/C22H26N2O4/c1-15-4-5-16(2)20(14-15)22(26)28-17(3)21(25)23-18-6-8-19(9-7-18)24-10-12-27-13-11-24/h4-9,14,17H,10-13H2,1-3H3,(H,23,25)/t17-/m0/s1. The van der Waals surface area contributed by atoms with Gasteiger partial charge in [-0.2, -0.15) is 0 Å². The molecule has 28 heavy (non-hydrogen) atoms. The van der Waals surface area contributed by atoms with Crippen molar-refractivity contribution in [3.8, 4) is 0 Å². The van der Waals surface area contributed by atoms with Crippen LogP contribution in [0.3, 0.4) is 0 Å². The summed E-state index contributed by atoms with van der Waals surface area (Å²) in [6.45, 7) is 8.49. The zero-order valence-electron chi connectivity index (χ0n) is 16.5. The Morgan fingerprint density at radius 3 is 2.43 bits per heavy atom. The number of nitrogens with zero attached hydrogens (tertiary/aromatic N) is 1. The summed E-state index contributed by atoms with van der Waals surface area (Å²) in [6, 6.07) is 13.2. The SMILES string of the molecule is Cc1ccc(C)c(C(=O)O[C@@H](C)C(=O)Nc2ccc(N3CCOCC3)cc2)c1. The molecule has 1 aliphatic heterocycles. The van der Waals surface area contributed by atoms with E-state index in [4.69, 9.17) is 9.47 Å². The largest absolute Gasteiger partial charge is 0.449 e. The van der Waals surface area contributed by atoms with E-state index < -0.39 is 12.1 Å². The highest BCUT2D eigenvalue weighted by Gasteiger charge is 2.20. The molecule has 0 bridgehead atoms. The number of nitrogens with one attached hydrogen (secondary N) is 1. The number of esters is 1. The highest BCUT2D eigenvalue weighted by Crippen LogP contribution is 2.19. The summed E-state index contributed by atoms with van der Waals surface area (Å²) in [5, 5.41) is 2.80. The topological polar surface area (TPSA) is 67.9 Å². The van der Waals surface area contributed by atoms with Crippen LogP contribution in [-0.4, -0.2) is 44.3 Å². The van der Waals surface area contributed by atoms with Gasteiger partial charge in [-0.1, -0.05) is 17.7 Å². The van der Waals surface area contributed by atoms with Crippen LogP contribution >= 0.6 is 0 Å². The van der Waals surface area contributed by atoms with E-state index in [0.717, 1.165) is 43.1 Å². The normalized spacial score (nSPS) is 15.0. The molecule has 1 atom stereocenters. The Labute approximate surface area is 165 Å². The quantitative estimate of drug-likeness (QED) is 0.804. The lowest BCUT2D eigenvalue weighted by Crippen LogP contribution is -2.36. The van der Waals surface area contributed by atoms with E-state index in [2.05, 4.69) is 10.2 Å². The molecule has 1 saturated heterocycles. The first-order valence-electron chi connectivity index (χ1n) is 9.46. The number of hydrogen-bond donors (Lipinski definition) is 1. The van der Waals surface area contributed by atoms with Crippen LogP contribution in [0, 0.1) is 13.8 Å². The fourth-order valence-corrected chi connectivity index (χ4v) is 3.05. The van der Waals surface area contributed by atoms with Gasteiger partial charge in [-0.05, 0) is 56.7 Å². The summed E-state index contributed by atoms with van der Waals surface area (Å²) in [6.07, 6.45) is -0.897. The van der Waals surface area contributed by atoms with Gasteiger partial charge in [-0.25, -0.2) is 4.79 Å². The van der Waals surface area contributed by atoms with Crippen molar-refractivity contribution < 1.29 is 19.1 Å². The fourth-order valence-electron chi connectivity index (χ4n) is 3.05. The molecule has 148 valence electrons. The number of carbonyl (C=O) groups is 2. The highest BCUT2D eigenvalue weighted by molar-refractivity contribution is 5.98. The smallest absolute Gasteiger partial charge is 0.339 e. The van der Waals surface area contributed by atoms with Crippen LogP contribution in [-0.2, 0) is 14.3 Å². The summed E-state index contributed by atoms with van der Waals surface area (Å²) in [7, 11) is 0. The lowest BCUT2D eigenvalue weighted by molar-refractivity contribution is -0.123. The summed E-state index contributed by atoms with van der Waals surface area (Å²) in [4.78, 5) is 27.0. The molecular formula is C22H26N2O4. The van der Waals surface area contributed by atoms with Crippen molar-refractivity contribution in [2.45, 2.75) is 26.9 Å². The van der Waals surface area contributed by atoms with Gasteiger partial charge in [0.25, 0.3) is 5.91 Å². The Hall–Kier alpha value is -2.86. The molecule has 2 aromatic rings.